The molecule has 1 aromatic heterocycles. The predicted molar refractivity (Wildman–Crippen MR) is 65.9 cm³/mol. The van der Waals surface area contributed by atoms with Gasteiger partial charge in [0.05, 0.1) is 18.8 Å². The van der Waals surface area contributed by atoms with Crippen molar-refractivity contribution in [3.63, 3.8) is 0 Å². The van der Waals surface area contributed by atoms with E-state index in [1.165, 1.54) is 0 Å². The number of nitrogens with one attached hydrogen (secondary N) is 1. The average molecular weight is 286 g/mol. The Bertz CT molecular complexity index is 406. The second-order valence-corrected chi connectivity index (χ2v) is 4.46. The zero-order valence-corrected chi connectivity index (χ0v) is 10.7. The van der Waals surface area contributed by atoms with Crippen molar-refractivity contribution >= 4 is 0 Å². The van der Waals surface area contributed by atoms with E-state index < -0.39 is 37.3 Å². The lowest BCUT2D eigenvalue weighted by Crippen LogP contribution is -2.40. The molecule has 8 heteroatoms. The van der Waals surface area contributed by atoms with E-state index in [2.05, 4.69) is 10.5 Å². The maximum absolute atomic E-state index is 9.72. The van der Waals surface area contributed by atoms with Crippen LogP contribution in [0.1, 0.15) is 5.69 Å². The van der Waals surface area contributed by atoms with Gasteiger partial charge in [0.2, 0.25) is 6.29 Å². The Morgan fingerprint density at radius 1 is 1.35 bits per heavy atom. The Labute approximate surface area is 115 Å². The number of aromatic nitrogens is 1. The number of nitrogens with zero attached hydrogens (tertiary/aromatic N) is 1. The van der Waals surface area contributed by atoms with Crippen LogP contribution >= 0.6 is 0 Å². The molecule has 8 nitrogen and oxygen atoms in total. The van der Waals surface area contributed by atoms with Gasteiger partial charge in [0, 0.05) is 6.20 Å². The quantitative estimate of drug-likeness (QED) is 0.377. The third-order valence-corrected chi connectivity index (χ3v) is 3.00. The lowest BCUT2D eigenvalue weighted by Gasteiger charge is -2.18. The number of aliphatic hydroxyl groups is 4. The highest BCUT2D eigenvalue weighted by Crippen LogP contribution is 2.24. The second-order valence-electron chi connectivity index (χ2n) is 4.46. The molecule has 2 heterocycles. The summed E-state index contributed by atoms with van der Waals surface area (Å²) in [7, 11) is 0. The summed E-state index contributed by atoms with van der Waals surface area (Å²) in [6.07, 6.45) is -4.55. The first-order chi connectivity index (χ1) is 9.63. The summed E-state index contributed by atoms with van der Waals surface area (Å²) < 4.78 is 5.16. The van der Waals surface area contributed by atoms with E-state index in [0.717, 1.165) is 5.69 Å². The Morgan fingerprint density at radius 2 is 2.15 bits per heavy atom. The first-order valence-electron chi connectivity index (χ1n) is 6.22. The molecule has 5 atom stereocenters. The Balaban J connectivity index is 1.81. The Hall–Kier alpha value is -1.13. The highest BCUT2D eigenvalue weighted by Gasteiger charge is 2.46. The first-order valence-corrected chi connectivity index (χ1v) is 6.22. The van der Waals surface area contributed by atoms with Crippen LogP contribution in [-0.2, 0) is 16.1 Å². The van der Waals surface area contributed by atoms with E-state index in [9.17, 15) is 15.3 Å². The summed E-state index contributed by atoms with van der Waals surface area (Å²) >= 11 is 0. The van der Waals surface area contributed by atoms with Crippen LogP contribution in [-0.4, -0.2) is 62.7 Å². The summed E-state index contributed by atoms with van der Waals surface area (Å²) in [5.74, 6) is 0. The molecule has 0 amide bonds. The normalized spacial score (nSPS) is 31.4. The van der Waals surface area contributed by atoms with Crippen LogP contribution in [0.15, 0.2) is 24.4 Å². The summed E-state index contributed by atoms with van der Waals surface area (Å²) in [6.45, 7) is -0.292. The molecule has 1 aliphatic rings. The van der Waals surface area contributed by atoms with E-state index in [1.54, 1.807) is 18.3 Å². The summed E-state index contributed by atoms with van der Waals surface area (Å²) in [5, 5.41) is 37.7. The fourth-order valence-corrected chi connectivity index (χ4v) is 1.89. The Morgan fingerprint density at radius 3 is 2.80 bits per heavy atom. The SMILES string of the molecule is OC[C@H](O)[C@@H]1O[C@@H](ONCc2ccccn2)[C@@H](O)[C@@H]1O. The standard InChI is InChI=1S/C12H18N2O6/c15-6-8(16)11-9(17)10(18)12(19-11)20-14-5-7-3-1-2-4-13-7/h1-4,8-12,14-18H,5-6H2/t8-,9-,10-,11-,12-/m0/s1. The van der Waals surface area contributed by atoms with Gasteiger partial charge in [-0.1, -0.05) is 6.07 Å². The molecule has 112 valence electrons. The minimum atomic E-state index is -1.33. The van der Waals surface area contributed by atoms with E-state index in [-0.39, 0.29) is 6.54 Å². The molecule has 1 saturated heterocycles. The van der Waals surface area contributed by atoms with Gasteiger partial charge in [-0.05, 0) is 12.1 Å². The van der Waals surface area contributed by atoms with Crippen molar-refractivity contribution in [1.29, 1.82) is 0 Å². The molecular formula is C12H18N2O6. The number of hydrogen-bond acceptors (Lipinski definition) is 8. The van der Waals surface area contributed by atoms with E-state index in [1.807, 2.05) is 6.07 Å². The lowest BCUT2D eigenvalue weighted by molar-refractivity contribution is -0.211. The number of pyridine rings is 1. The van der Waals surface area contributed by atoms with E-state index in [4.69, 9.17) is 14.7 Å². The van der Waals surface area contributed by atoms with Crippen molar-refractivity contribution in [3.8, 4) is 0 Å². The van der Waals surface area contributed by atoms with Crippen LogP contribution in [0, 0.1) is 0 Å². The third-order valence-electron chi connectivity index (χ3n) is 3.00. The van der Waals surface area contributed by atoms with E-state index >= 15 is 0 Å². The van der Waals surface area contributed by atoms with Crippen LogP contribution in [0.2, 0.25) is 0 Å². The lowest BCUT2D eigenvalue weighted by atomic mass is 10.1. The molecule has 0 aromatic carbocycles. The van der Waals surface area contributed by atoms with Crippen LogP contribution < -0.4 is 5.48 Å². The van der Waals surface area contributed by atoms with Crippen molar-refractivity contribution < 1.29 is 30.0 Å². The number of ether oxygens (including phenoxy) is 1. The van der Waals surface area contributed by atoms with Gasteiger partial charge < -0.3 is 25.2 Å². The zero-order valence-electron chi connectivity index (χ0n) is 10.7. The molecule has 5 N–H and O–H groups in total. The molecule has 0 saturated carbocycles. The summed E-state index contributed by atoms with van der Waals surface area (Å²) in [6, 6.07) is 5.39. The number of rotatable bonds is 6. The minimum Gasteiger partial charge on any atom is -0.394 e. The fourth-order valence-electron chi connectivity index (χ4n) is 1.89. The van der Waals surface area contributed by atoms with Gasteiger partial charge in [-0.25, -0.2) is 0 Å². The molecule has 1 aliphatic heterocycles. The molecule has 1 fully saturated rings. The molecule has 0 aliphatic carbocycles. The molecule has 2 rings (SSSR count). The monoisotopic (exact) mass is 286 g/mol. The second kappa shape index (κ2) is 7.04. The van der Waals surface area contributed by atoms with Crippen LogP contribution in [0.3, 0.4) is 0 Å². The fraction of sp³-hybridized carbons (Fsp3) is 0.583. The maximum atomic E-state index is 9.72. The highest BCUT2D eigenvalue weighted by atomic mass is 16.8. The molecule has 0 unspecified atom stereocenters. The van der Waals surface area contributed by atoms with Gasteiger partial charge in [-0.15, -0.1) is 0 Å². The van der Waals surface area contributed by atoms with Gasteiger partial charge in [-0.3, -0.25) is 9.82 Å². The van der Waals surface area contributed by atoms with Crippen LogP contribution in [0.25, 0.3) is 0 Å². The van der Waals surface area contributed by atoms with Gasteiger partial charge >= 0.3 is 0 Å². The van der Waals surface area contributed by atoms with Crippen molar-refractivity contribution in [2.45, 2.75) is 37.3 Å². The highest BCUT2D eigenvalue weighted by molar-refractivity contribution is 5.02. The maximum Gasteiger partial charge on any atom is 0.206 e. The largest absolute Gasteiger partial charge is 0.394 e. The summed E-state index contributed by atoms with van der Waals surface area (Å²) in [5.41, 5.74) is 3.30. The van der Waals surface area contributed by atoms with Crippen molar-refractivity contribution in [2.24, 2.45) is 0 Å². The van der Waals surface area contributed by atoms with Crippen molar-refractivity contribution in [1.82, 2.24) is 10.5 Å². The number of hydroxylamine groups is 1. The number of hydrogen-bond donors (Lipinski definition) is 5. The van der Waals surface area contributed by atoms with Crippen molar-refractivity contribution in [2.75, 3.05) is 6.61 Å². The van der Waals surface area contributed by atoms with Gasteiger partial charge in [0.1, 0.15) is 24.4 Å². The molecule has 1 aromatic rings. The zero-order chi connectivity index (χ0) is 14.5. The third kappa shape index (κ3) is 3.49. The predicted octanol–water partition coefficient (Wildman–Crippen LogP) is -2.10. The minimum absolute atomic E-state index is 0.288. The molecule has 0 spiro atoms. The average Bonchev–Trinajstić information content (AvgIpc) is 2.76. The van der Waals surface area contributed by atoms with Crippen molar-refractivity contribution in [3.05, 3.63) is 30.1 Å². The van der Waals surface area contributed by atoms with Gasteiger partial charge in [0.15, 0.2) is 0 Å². The van der Waals surface area contributed by atoms with Gasteiger partial charge in [-0.2, -0.15) is 5.48 Å². The van der Waals surface area contributed by atoms with Gasteiger partial charge in [0.25, 0.3) is 0 Å². The molecule has 0 radical (unpaired) electrons. The Kier molecular flexibility index (Phi) is 5.38. The first kappa shape index (κ1) is 15.3. The molecular weight excluding hydrogens is 268 g/mol. The van der Waals surface area contributed by atoms with E-state index in [0.29, 0.717) is 0 Å². The van der Waals surface area contributed by atoms with Crippen LogP contribution in [0.4, 0.5) is 0 Å². The smallest absolute Gasteiger partial charge is 0.206 e. The number of aliphatic hydroxyl groups excluding tert-OH is 4. The topological polar surface area (TPSA) is 124 Å². The molecule has 20 heavy (non-hydrogen) atoms. The summed E-state index contributed by atoms with van der Waals surface area (Å²) in [4.78, 5) is 9.16. The molecule has 0 bridgehead atoms. The van der Waals surface area contributed by atoms with Crippen LogP contribution in [0.5, 0.6) is 0 Å².